The second-order valence-electron chi connectivity index (χ2n) is 9.09. The summed E-state index contributed by atoms with van der Waals surface area (Å²) in [6, 6.07) is 11.1. The van der Waals surface area contributed by atoms with Gasteiger partial charge in [-0.25, -0.2) is 4.79 Å². The van der Waals surface area contributed by atoms with E-state index >= 15 is 0 Å². The predicted octanol–water partition coefficient (Wildman–Crippen LogP) is 3.64. The molecule has 1 aromatic rings. The summed E-state index contributed by atoms with van der Waals surface area (Å²) in [6.07, 6.45) is 7.93. The number of amides is 2. The largest absolute Gasteiger partial charge is 0.480 e. The van der Waals surface area contributed by atoms with Gasteiger partial charge in [0, 0.05) is 24.0 Å². The van der Waals surface area contributed by atoms with Gasteiger partial charge in [0.15, 0.2) is 0 Å². The number of benzene rings is 1. The minimum absolute atomic E-state index is 0.0415. The number of likely N-dealkylation sites (N-methyl/N-ethyl adjacent to an activating group) is 1. The van der Waals surface area contributed by atoms with Gasteiger partial charge in [-0.2, -0.15) is 0 Å². The highest BCUT2D eigenvalue weighted by molar-refractivity contribution is 5.77. The van der Waals surface area contributed by atoms with Crippen molar-refractivity contribution in [1.29, 1.82) is 0 Å². The number of hydrogen-bond donors (Lipinski definition) is 2. The van der Waals surface area contributed by atoms with Crippen molar-refractivity contribution in [1.82, 2.24) is 15.1 Å². The number of urea groups is 1. The quantitative estimate of drug-likeness (QED) is 0.766. The highest BCUT2D eigenvalue weighted by Crippen LogP contribution is 2.56. The van der Waals surface area contributed by atoms with Gasteiger partial charge in [0.2, 0.25) is 0 Å². The van der Waals surface area contributed by atoms with Crippen LogP contribution < -0.4 is 5.32 Å². The fraction of sp³-hybridized carbons (Fsp3) is 0.652. The van der Waals surface area contributed by atoms with Gasteiger partial charge in [0.1, 0.15) is 0 Å². The summed E-state index contributed by atoms with van der Waals surface area (Å²) in [5, 5.41) is 12.3. The number of likely N-dealkylation sites (tertiary alicyclic amines) is 1. The molecule has 1 aliphatic heterocycles. The number of nitrogens with one attached hydrogen (secondary N) is 1. The van der Waals surface area contributed by atoms with Gasteiger partial charge in [0.05, 0.1) is 12.6 Å². The average molecular weight is 400 g/mol. The van der Waals surface area contributed by atoms with Crippen LogP contribution in [-0.4, -0.2) is 58.6 Å². The highest BCUT2D eigenvalue weighted by Gasteiger charge is 2.55. The first-order valence-corrected chi connectivity index (χ1v) is 11.1. The third-order valence-corrected chi connectivity index (χ3v) is 7.30. The molecule has 3 aliphatic rings. The van der Waals surface area contributed by atoms with Gasteiger partial charge in [-0.1, -0.05) is 56.5 Å². The second-order valence-corrected chi connectivity index (χ2v) is 9.09. The van der Waals surface area contributed by atoms with Crippen molar-refractivity contribution in [2.24, 2.45) is 5.41 Å². The lowest BCUT2D eigenvalue weighted by Crippen LogP contribution is -2.65. The monoisotopic (exact) mass is 399 g/mol. The van der Waals surface area contributed by atoms with Crippen LogP contribution in [0.25, 0.3) is 0 Å². The molecule has 1 heterocycles. The molecule has 1 aromatic carbocycles. The van der Waals surface area contributed by atoms with Crippen molar-refractivity contribution in [3.63, 3.8) is 0 Å². The Morgan fingerprint density at radius 1 is 1.17 bits per heavy atom. The molecule has 2 aliphatic carbocycles. The Hall–Kier alpha value is -2.08. The van der Waals surface area contributed by atoms with Crippen molar-refractivity contribution < 1.29 is 14.7 Å². The van der Waals surface area contributed by atoms with E-state index in [1.807, 2.05) is 22.8 Å². The lowest BCUT2D eigenvalue weighted by Gasteiger charge is -2.59. The van der Waals surface area contributed by atoms with Crippen molar-refractivity contribution in [3.8, 4) is 0 Å². The fourth-order valence-corrected chi connectivity index (χ4v) is 5.71. The van der Waals surface area contributed by atoms with Gasteiger partial charge in [-0.3, -0.25) is 9.69 Å². The van der Waals surface area contributed by atoms with Crippen LogP contribution in [0.1, 0.15) is 63.5 Å². The fourth-order valence-electron chi connectivity index (χ4n) is 5.71. The molecule has 2 N–H and O–H groups in total. The zero-order chi connectivity index (χ0) is 20.4. The number of nitrogens with zero attached hydrogens (tertiary/aromatic N) is 2. The van der Waals surface area contributed by atoms with Crippen LogP contribution in [0.3, 0.4) is 0 Å². The zero-order valence-electron chi connectivity index (χ0n) is 17.3. The van der Waals surface area contributed by atoms with Crippen LogP contribution in [-0.2, 0) is 4.79 Å². The number of carboxylic acids is 1. The maximum Gasteiger partial charge on any atom is 0.318 e. The van der Waals surface area contributed by atoms with E-state index < -0.39 is 5.97 Å². The van der Waals surface area contributed by atoms with Crippen LogP contribution >= 0.6 is 0 Å². The first kappa shape index (κ1) is 20.2. The van der Waals surface area contributed by atoms with Crippen molar-refractivity contribution >= 4 is 12.0 Å². The molecule has 29 heavy (non-hydrogen) atoms. The summed E-state index contributed by atoms with van der Waals surface area (Å²) < 4.78 is 0. The highest BCUT2D eigenvalue weighted by atomic mass is 16.4. The Bertz CT molecular complexity index is 726. The number of hydrogen-bond acceptors (Lipinski definition) is 3. The van der Waals surface area contributed by atoms with Crippen LogP contribution in [0.2, 0.25) is 0 Å². The molecule has 1 spiro atoms. The molecule has 0 aromatic heterocycles. The molecule has 158 valence electrons. The second kappa shape index (κ2) is 8.34. The van der Waals surface area contributed by atoms with Crippen molar-refractivity contribution in [3.05, 3.63) is 35.9 Å². The van der Waals surface area contributed by atoms with Crippen LogP contribution in [0.5, 0.6) is 0 Å². The summed E-state index contributed by atoms with van der Waals surface area (Å²) in [4.78, 5) is 28.1. The van der Waals surface area contributed by atoms with Crippen LogP contribution in [0.15, 0.2) is 30.3 Å². The van der Waals surface area contributed by atoms with E-state index in [-0.39, 0.29) is 36.1 Å². The first-order chi connectivity index (χ1) is 14.0. The normalized spacial score (nSPS) is 27.9. The predicted molar refractivity (Wildman–Crippen MR) is 112 cm³/mol. The van der Waals surface area contributed by atoms with E-state index in [9.17, 15) is 9.59 Å². The van der Waals surface area contributed by atoms with E-state index in [1.165, 1.54) is 37.7 Å². The standard InChI is InChI=1S/C23H33N3O3/c1-2-25(15-20(27)28)19-13-18(14-19)24-22(29)26-16-23(11-7-4-8-12-23)21(26)17-9-5-3-6-10-17/h3,5-6,9-10,18-19,21H,2,4,7-8,11-16H2,1H3,(H,24,29)(H,27,28). The molecule has 4 rings (SSSR count). The SMILES string of the molecule is CCN(CC(=O)O)C1CC(NC(=O)N2CC3(CCCCC3)C2c2ccccc2)C1. The van der Waals surface area contributed by atoms with E-state index in [4.69, 9.17) is 5.11 Å². The Balaban J connectivity index is 1.37. The summed E-state index contributed by atoms with van der Waals surface area (Å²) >= 11 is 0. The Kier molecular flexibility index (Phi) is 5.81. The maximum atomic E-state index is 13.1. The Morgan fingerprint density at radius 3 is 2.48 bits per heavy atom. The van der Waals surface area contributed by atoms with Crippen molar-refractivity contribution in [2.45, 2.75) is 70.0 Å². The molecule has 6 heteroatoms. The number of rotatable bonds is 6. The zero-order valence-corrected chi connectivity index (χ0v) is 17.3. The summed E-state index contributed by atoms with van der Waals surface area (Å²) in [5.41, 5.74) is 1.50. The average Bonchev–Trinajstić information content (AvgIpc) is 2.68. The molecule has 6 nitrogen and oxygen atoms in total. The van der Waals surface area contributed by atoms with E-state index in [2.05, 4.69) is 29.6 Å². The molecular weight excluding hydrogens is 366 g/mol. The molecule has 1 atom stereocenters. The smallest absolute Gasteiger partial charge is 0.318 e. The molecule has 3 fully saturated rings. The first-order valence-electron chi connectivity index (χ1n) is 11.1. The van der Waals surface area contributed by atoms with E-state index in [0.29, 0.717) is 0 Å². The van der Waals surface area contributed by atoms with Crippen LogP contribution in [0, 0.1) is 5.41 Å². The third kappa shape index (κ3) is 4.00. The van der Waals surface area contributed by atoms with Gasteiger partial charge >= 0.3 is 12.0 Å². The number of carbonyl (C=O) groups is 2. The Morgan fingerprint density at radius 2 is 1.86 bits per heavy atom. The summed E-state index contributed by atoms with van der Waals surface area (Å²) in [5.74, 6) is -0.789. The van der Waals surface area contributed by atoms with E-state index in [1.54, 1.807) is 0 Å². The molecule has 0 bridgehead atoms. The molecule has 2 saturated carbocycles. The lowest BCUT2D eigenvalue weighted by molar-refractivity contribution is -0.139. The van der Waals surface area contributed by atoms with Gasteiger partial charge in [0.25, 0.3) is 0 Å². The molecule has 2 amide bonds. The lowest BCUT2D eigenvalue weighted by atomic mass is 9.61. The van der Waals surface area contributed by atoms with Gasteiger partial charge < -0.3 is 15.3 Å². The number of carboxylic acid groups (broad SMARTS) is 1. The topological polar surface area (TPSA) is 72.9 Å². The Labute approximate surface area is 173 Å². The summed E-state index contributed by atoms with van der Waals surface area (Å²) in [7, 11) is 0. The summed E-state index contributed by atoms with van der Waals surface area (Å²) in [6.45, 7) is 3.65. The number of carbonyl (C=O) groups excluding carboxylic acids is 1. The molecule has 1 unspecified atom stereocenters. The van der Waals surface area contributed by atoms with Crippen LogP contribution in [0.4, 0.5) is 4.79 Å². The van der Waals surface area contributed by atoms with E-state index in [0.717, 1.165) is 25.9 Å². The maximum absolute atomic E-state index is 13.1. The van der Waals surface area contributed by atoms with Crippen molar-refractivity contribution in [2.75, 3.05) is 19.6 Å². The molecule has 0 radical (unpaired) electrons. The minimum Gasteiger partial charge on any atom is -0.480 e. The van der Waals surface area contributed by atoms with Gasteiger partial charge in [-0.15, -0.1) is 0 Å². The molecule has 1 saturated heterocycles. The number of aliphatic carboxylic acids is 1. The molecular formula is C23H33N3O3. The van der Waals surface area contributed by atoms with Gasteiger partial charge in [-0.05, 0) is 37.8 Å². The minimum atomic E-state index is -0.789. The third-order valence-electron chi connectivity index (χ3n) is 7.30.